The fourth-order valence-corrected chi connectivity index (χ4v) is 1.41. The molecule has 0 heterocycles. The summed E-state index contributed by atoms with van der Waals surface area (Å²) in [6, 6.07) is 4.08. The Balaban J connectivity index is 2.46. The summed E-state index contributed by atoms with van der Waals surface area (Å²) in [4.78, 5) is 11.4. The van der Waals surface area contributed by atoms with E-state index in [1.807, 2.05) is 0 Å². The minimum Gasteiger partial charge on any atom is -0.330 e. The van der Waals surface area contributed by atoms with Crippen LogP contribution in [-0.2, 0) is 4.79 Å². The second kappa shape index (κ2) is 6.45. The number of hydrogen-bond acceptors (Lipinski definition) is 2. The zero-order valence-corrected chi connectivity index (χ0v) is 9.56. The quantitative estimate of drug-likeness (QED) is 0.782. The van der Waals surface area contributed by atoms with Crippen LogP contribution in [0.1, 0.15) is 19.3 Å². The molecule has 0 spiro atoms. The maximum atomic E-state index is 12.8. The van der Waals surface area contributed by atoms with E-state index in [2.05, 4.69) is 5.32 Å². The summed E-state index contributed by atoms with van der Waals surface area (Å²) in [5.74, 6) is -0.612. The number of amides is 1. The summed E-state index contributed by atoms with van der Waals surface area (Å²) < 4.78 is 12.8. The number of carbonyl (C=O) groups excluding carboxylic acids is 1. The highest BCUT2D eigenvalue weighted by molar-refractivity contribution is 6.31. The van der Waals surface area contributed by atoms with Crippen molar-refractivity contribution in [1.29, 1.82) is 0 Å². The highest BCUT2D eigenvalue weighted by Gasteiger charge is 2.04. The molecule has 0 atom stereocenters. The molecule has 0 saturated carbocycles. The Kier molecular flexibility index (Phi) is 5.22. The number of carbonyl (C=O) groups is 1. The first kappa shape index (κ1) is 12.9. The lowest BCUT2D eigenvalue weighted by Gasteiger charge is -2.05. The van der Waals surface area contributed by atoms with Gasteiger partial charge in [-0.25, -0.2) is 4.39 Å². The normalized spacial score (nSPS) is 10.2. The van der Waals surface area contributed by atoms with Crippen LogP contribution in [0.4, 0.5) is 10.1 Å². The third-order valence-electron chi connectivity index (χ3n) is 2.06. The summed E-state index contributed by atoms with van der Waals surface area (Å²) in [6.45, 7) is 0.579. The van der Waals surface area contributed by atoms with Gasteiger partial charge in [-0.3, -0.25) is 4.79 Å². The number of nitrogens with one attached hydrogen (secondary N) is 1. The Morgan fingerprint density at radius 2 is 2.19 bits per heavy atom. The van der Waals surface area contributed by atoms with Crippen molar-refractivity contribution in [3.05, 3.63) is 29.0 Å². The molecule has 0 bridgehead atoms. The molecular weight excluding hydrogens is 231 g/mol. The first-order valence-corrected chi connectivity index (χ1v) is 5.46. The Morgan fingerprint density at radius 3 is 2.81 bits per heavy atom. The molecule has 0 aliphatic carbocycles. The highest BCUT2D eigenvalue weighted by Crippen LogP contribution is 2.19. The highest BCUT2D eigenvalue weighted by atomic mass is 35.5. The van der Waals surface area contributed by atoms with Gasteiger partial charge in [-0.2, -0.15) is 0 Å². The molecule has 3 nitrogen and oxygen atoms in total. The van der Waals surface area contributed by atoms with Gasteiger partial charge in [-0.1, -0.05) is 11.6 Å². The molecule has 0 aliphatic heterocycles. The average Bonchev–Trinajstić information content (AvgIpc) is 2.24. The van der Waals surface area contributed by atoms with Gasteiger partial charge in [0.05, 0.1) is 5.02 Å². The predicted octanol–water partition coefficient (Wildman–Crippen LogP) is 2.55. The van der Waals surface area contributed by atoms with Gasteiger partial charge in [0.15, 0.2) is 0 Å². The topological polar surface area (TPSA) is 55.1 Å². The van der Waals surface area contributed by atoms with E-state index < -0.39 is 5.82 Å². The van der Waals surface area contributed by atoms with E-state index in [1.165, 1.54) is 18.2 Å². The number of nitrogens with two attached hydrogens (primary N) is 1. The monoisotopic (exact) mass is 244 g/mol. The second-order valence-corrected chi connectivity index (χ2v) is 3.83. The Hall–Kier alpha value is -1.13. The summed E-state index contributed by atoms with van der Waals surface area (Å²) in [7, 11) is 0. The van der Waals surface area contributed by atoms with Crippen molar-refractivity contribution in [1.82, 2.24) is 0 Å². The van der Waals surface area contributed by atoms with Crippen LogP contribution in [0.25, 0.3) is 0 Å². The molecule has 1 rings (SSSR count). The third kappa shape index (κ3) is 4.16. The second-order valence-electron chi connectivity index (χ2n) is 3.42. The molecule has 0 aromatic heterocycles. The minimum absolute atomic E-state index is 0.000224. The number of anilines is 1. The van der Waals surface area contributed by atoms with E-state index in [0.29, 0.717) is 18.7 Å². The Morgan fingerprint density at radius 1 is 1.44 bits per heavy atom. The standard InChI is InChI=1S/C11H14ClFN2O/c12-9-7-8(4-5-10(9)13)15-11(16)3-1-2-6-14/h4-5,7H,1-3,6,14H2,(H,15,16). The maximum absolute atomic E-state index is 12.8. The van der Waals surface area contributed by atoms with Crippen molar-refractivity contribution in [3.8, 4) is 0 Å². The Labute approximate surface area is 98.8 Å². The molecular formula is C11H14ClFN2O. The average molecular weight is 245 g/mol. The van der Waals surface area contributed by atoms with Gasteiger partial charge in [0.1, 0.15) is 5.82 Å². The fourth-order valence-electron chi connectivity index (χ4n) is 1.23. The van der Waals surface area contributed by atoms with E-state index in [1.54, 1.807) is 0 Å². The van der Waals surface area contributed by atoms with E-state index in [4.69, 9.17) is 17.3 Å². The van der Waals surface area contributed by atoms with Gasteiger partial charge >= 0.3 is 0 Å². The first-order valence-electron chi connectivity index (χ1n) is 5.08. The summed E-state index contributed by atoms with van der Waals surface area (Å²) in [6.07, 6.45) is 1.97. The molecule has 16 heavy (non-hydrogen) atoms. The van der Waals surface area contributed by atoms with Crippen LogP contribution in [0.2, 0.25) is 5.02 Å². The van der Waals surface area contributed by atoms with Crippen LogP contribution >= 0.6 is 11.6 Å². The molecule has 0 radical (unpaired) electrons. The molecule has 0 unspecified atom stereocenters. The van der Waals surface area contributed by atoms with Crippen molar-refractivity contribution in [2.75, 3.05) is 11.9 Å². The number of halogens is 2. The van der Waals surface area contributed by atoms with Crippen LogP contribution < -0.4 is 11.1 Å². The molecule has 1 aromatic carbocycles. The van der Waals surface area contributed by atoms with Crippen molar-refractivity contribution in [2.24, 2.45) is 5.73 Å². The van der Waals surface area contributed by atoms with Gasteiger partial charge in [0.25, 0.3) is 0 Å². The maximum Gasteiger partial charge on any atom is 0.224 e. The van der Waals surface area contributed by atoms with E-state index in [9.17, 15) is 9.18 Å². The summed E-state index contributed by atoms with van der Waals surface area (Å²) in [5, 5.41) is 2.64. The molecule has 5 heteroatoms. The van der Waals surface area contributed by atoms with Gasteiger partial charge in [-0.05, 0) is 37.6 Å². The van der Waals surface area contributed by atoms with Crippen molar-refractivity contribution < 1.29 is 9.18 Å². The molecule has 3 N–H and O–H groups in total. The van der Waals surface area contributed by atoms with E-state index in [0.717, 1.165) is 12.8 Å². The molecule has 0 saturated heterocycles. The van der Waals surface area contributed by atoms with Crippen LogP contribution in [0, 0.1) is 5.82 Å². The van der Waals surface area contributed by atoms with Crippen molar-refractivity contribution in [2.45, 2.75) is 19.3 Å². The van der Waals surface area contributed by atoms with Crippen LogP contribution in [0.5, 0.6) is 0 Å². The lowest BCUT2D eigenvalue weighted by Crippen LogP contribution is -2.12. The summed E-state index contributed by atoms with van der Waals surface area (Å²) >= 11 is 5.58. The van der Waals surface area contributed by atoms with Crippen LogP contribution in [0.3, 0.4) is 0 Å². The van der Waals surface area contributed by atoms with E-state index >= 15 is 0 Å². The number of benzene rings is 1. The SMILES string of the molecule is NCCCCC(=O)Nc1ccc(F)c(Cl)c1. The first-order chi connectivity index (χ1) is 7.63. The predicted molar refractivity (Wildman–Crippen MR) is 62.9 cm³/mol. The van der Waals surface area contributed by atoms with Gasteiger partial charge in [-0.15, -0.1) is 0 Å². The van der Waals surface area contributed by atoms with E-state index in [-0.39, 0.29) is 10.9 Å². The zero-order chi connectivity index (χ0) is 12.0. The fraction of sp³-hybridized carbons (Fsp3) is 0.364. The van der Waals surface area contributed by atoms with Gasteiger partial charge in [0, 0.05) is 12.1 Å². The van der Waals surface area contributed by atoms with Crippen molar-refractivity contribution >= 4 is 23.2 Å². The Bertz CT molecular complexity index is 371. The van der Waals surface area contributed by atoms with Gasteiger partial charge in [0.2, 0.25) is 5.91 Å². The van der Waals surface area contributed by atoms with Crippen LogP contribution in [-0.4, -0.2) is 12.5 Å². The molecule has 0 aliphatic rings. The summed E-state index contributed by atoms with van der Waals surface area (Å²) in [5.41, 5.74) is 5.82. The lowest BCUT2D eigenvalue weighted by atomic mass is 10.2. The smallest absolute Gasteiger partial charge is 0.224 e. The number of rotatable bonds is 5. The number of unbranched alkanes of at least 4 members (excludes halogenated alkanes) is 1. The molecule has 0 fully saturated rings. The largest absolute Gasteiger partial charge is 0.330 e. The van der Waals surface area contributed by atoms with Crippen molar-refractivity contribution in [3.63, 3.8) is 0 Å². The number of hydrogen-bond donors (Lipinski definition) is 2. The van der Waals surface area contributed by atoms with Crippen LogP contribution in [0.15, 0.2) is 18.2 Å². The molecule has 1 aromatic rings. The zero-order valence-electron chi connectivity index (χ0n) is 8.80. The lowest BCUT2D eigenvalue weighted by molar-refractivity contribution is -0.116. The third-order valence-corrected chi connectivity index (χ3v) is 2.35. The molecule has 88 valence electrons. The minimum atomic E-state index is -0.497. The van der Waals surface area contributed by atoms with Gasteiger partial charge < -0.3 is 11.1 Å². The molecule has 1 amide bonds.